The SMILES string of the molecule is CC(Cc1ccc(Cl)cc1)NCc1ccc(Br)s1. The first-order valence-corrected chi connectivity index (χ1v) is 7.84. The van der Waals surface area contributed by atoms with Crippen molar-refractivity contribution in [1.29, 1.82) is 0 Å². The van der Waals surface area contributed by atoms with Crippen LogP contribution < -0.4 is 5.32 Å². The van der Waals surface area contributed by atoms with E-state index >= 15 is 0 Å². The molecule has 1 N–H and O–H groups in total. The normalized spacial score (nSPS) is 12.6. The first kappa shape index (κ1) is 14.1. The van der Waals surface area contributed by atoms with Crippen LogP contribution in [-0.2, 0) is 13.0 Å². The summed E-state index contributed by atoms with van der Waals surface area (Å²) >= 11 is 11.1. The molecule has 0 saturated heterocycles. The molecule has 1 aromatic carbocycles. The van der Waals surface area contributed by atoms with Crippen molar-refractivity contribution in [3.05, 3.63) is 55.6 Å². The second kappa shape index (κ2) is 6.71. The molecule has 1 unspecified atom stereocenters. The van der Waals surface area contributed by atoms with E-state index in [-0.39, 0.29) is 0 Å². The van der Waals surface area contributed by atoms with Crippen molar-refractivity contribution < 1.29 is 0 Å². The zero-order chi connectivity index (χ0) is 13.0. The van der Waals surface area contributed by atoms with Crippen LogP contribution in [0.15, 0.2) is 40.2 Å². The van der Waals surface area contributed by atoms with Crippen LogP contribution in [0.25, 0.3) is 0 Å². The number of hydrogen-bond donors (Lipinski definition) is 1. The molecule has 0 aliphatic carbocycles. The smallest absolute Gasteiger partial charge is 0.0701 e. The fourth-order valence-corrected chi connectivity index (χ4v) is 3.33. The number of nitrogens with one attached hydrogen (secondary N) is 1. The molecule has 0 aliphatic rings. The number of hydrogen-bond acceptors (Lipinski definition) is 2. The molecule has 1 aromatic heterocycles. The highest BCUT2D eigenvalue weighted by atomic mass is 79.9. The maximum atomic E-state index is 5.87. The van der Waals surface area contributed by atoms with Crippen LogP contribution in [0, 0.1) is 0 Å². The van der Waals surface area contributed by atoms with Gasteiger partial charge in [-0.25, -0.2) is 0 Å². The van der Waals surface area contributed by atoms with Crippen molar-refractivity contribution >= 4 is 38.9 Å². The van der Waals surface area contributed by atoms with Crippen molar-refractivity contribution in [2.75, 3.05) is 0 Å². The van der Waals surface area contributed by atoms with E-state index in [2.05, 4.69) is 52.4 Å². The van der Waals surface area contributed by atoms with Gasteiger partial charge in [0, 0.05) is 22.5 Å². The number of benzene rings is 1. The predicted molar refractivity (Wildman–Crippen MR) is 83.5 cm³/mol. The molecular weight excluding hydrogens is 330 g/mol. The second-order valence-corrected chi connectivity index (χ2v) is 7.30. The molecular formula is C14H15BrClNS. The van der Waals surface area contributed by atoms with Crippen LogP contribution in [0.5, 0.6) is 0 Å². The molecule has 2 rings (SSSR count). The zero-order valence-electron chi connectivity index (χ0n) is 10.1. The van der Waals surface area contributed by atoms with Crippen LogP contribution in [0.3, 0.4) is 0 Å². The van der Waals surface area contributed by atoms with Gasteiger partial charge in [-0.2, -0.15) is 0 Å². The second-order valence-electron chi connectivity index (χ2n) is 4.32. The van der Waals surface area contributed by atoms with E-state index in [1.807, 2.05) is 12.1 Å². The molecule has 0 fully saturated rings. The van der Waals surface area contributed by atoms with E-state index in [4.69, 9.17) is 11.6 Å². The van der Waals surface area contributed by atoms with Crippen LogP contribution in [0.2, 0.25) is 5.02 Å². The van der Waals surface area contributed by atoms with E-state index in [1.165, 1.54) is 14.2 Å². The Morgan fingerprint density at radius 2 is 1.94 bits per heavy atom. The van der Waals surface area contributed by atoms with E-state index in [0.29, 0.717) is 6.04 Å². The van der Waals surface area contributed by atoms with E-state index < -0.39 is 0 Å². The van der Waals surface area contributed by atoms with Gasteiger partial charge >= 0.3 is 0 Å². The van der Waals surface area contributed by atoms with E-state index in [9.17, 15) is 0 Å². The molecule has 0 aliphatic heterocycles. The third kappa shape index (κ3) is 4.39. The fourth-order valence-electron chi connectivity index (χ4n) is 1.77. The number of rotatable bonds is 5. The molecule has 1 nitrogen and oxygen atoms in total. The van der Waals surface area contributed by atoms with Crippen LogP contribution in [-0.4, -0.2) is 6.04 Å². The lowest BCUT2D eigenvalue weighted by Crippen LogP contribution is -2.27. The summed E-state index contributed by atoms with van der Waals surface area (Å²) < 4.78 is 1.18. The molecule has 18 heavy (non-hydrogen) atoms. The van der Waals surface area contributed by atoms with Crippen molar-refractivity contribution in [3.8, 4) is 0 Å². The predicted octanol–water partition coefficient (Wildman–Crippen LogP) is 4.88. The van der Waals surface area contributed by atoms with Gasteiger partial charge in [-0.3, -0.25) is 0 Å². The molecule has 1 atom stereocenters. The summed E-state index contributed by atoms with van der Waals surface area (Å²) in [6.45, 7) is 3.13. The Hall–Kier alpha value is -0.350. The minimum Gasteiger partial charge on any atom is -0.309 e. The highest BCUT2D eigenvalue weighted by Crippen LogP contribution is 2.22. The molecule has 0 saturated carbocycles. The molecule has 1 heterocycles. The summed E-state index contributed by atoms with van der Waals surface area (Å²) in [4.78, 5) is 1.35. The minimum absolute atomic E-state index is 0.451. The molecule has 4 heteroatoms. The lowest BCUT2D eigenvalue weighted by Gasteiger charge is -2.13. The third-order valence-corrected chi connectivity index (χ3v) is 4.58. The average molecular weight is 345 g/mol. The highest BCUT2D eigenvalue weighted by molar-refractivity contribution is 9.11. The Morgan fingerprint density at radius 1 is 1.22 bits per heavy atom. The number of thiophene rings is 1. The Balaban J connectivity index is 1.81. The third-order valence-electron chi connectivity index (χ3n) is 2.71. The van der Waals surface area contributed by atoms with Gasteiger partial charge in [0.1, 0.15) is 0 Å². The summed E-state index contributed by atoms with van der Waals surface area (Å²) in [5, 5.41) is 4.33. The standard InChI is InChI=1S/C14H15BrClNS/c1-10(8-11-2-4-12(16)5-3-11)17-9-13-6-7-14(15)18-13/h2-7,10,17H,8-9H2,1H3. The summed E-state index contributed by atoms with van der Waals surface area (Å²) in [5.41, 5.74) is 1.31. The molecule has 0 bridgehead atoms. The molecule has 0 amide bonds. The average Bonchev–Trinajstić information content (AvgIpc) is 2.76. The topological polar surface area (TPSA) is 12.0 Å². The van der Waals surface area contributed by atoms with Gasteiger partial charge < -0.3 is 5.32 Å². The Bertz CT molecular complexity index is 495. The quantitative estimate of drug-likeness (QED) is 0.814. The maximum Gasteiger partial charge on any atom is 0.0701 e. The molecule has 0 spiro atoms. The van der Waals surface area contributed by atoms with Crippen molar-refractivity contribution in [1.82, 2.24) is 5.32 Å². The highest BCUT2D eigenvalue weighted by Gasteiger charge is 2.04. The molecule has 96 valence electrons. The molecule has 0 radical (unpaired) electrons. The van der Waals surface area contributed by atoms with Gasteiger partial charge in [0.25, 0.3) is 0 Å². The van der Waals surface area contributed by atoms with Gasteiger partial charge in [-0.15, -0.1) is 11.3 Å². The van der Waals surface area contributed by atoms with Crippen LogP contribution in [0.1, 0.15) is 17.4 Å². The summed E-state index contributed by atoms with van der Waals surface area (Å²) in [7, 11) is 0. The van der Waals surface area contributed by atoms with E-state index in [0.717, 1.165) is 18.0 Å². The lowest BCUT2D eigenvalue weighted by molar-refractivity contribution is 0.549. The fraction of sp³-hybridized carbons (Fsp3) is 0.286. The lowest BCUT2D eigenvalue weighted by atomic mass is 10.1. The van der Waals surface area contributed by atoms with Gasteiger partial charge in [-0.1, -0.05) is 23.7 Å². The molecule has 2 aromatic rings. The van der Waals surface area contributed by atoms with Crippen molar-refractivity contribution in [3.63, 3.8) is 0 Å². The largest absolute Gasteiger partial charge is 0.309 e. The summed E-state index contributed by atoms with van der Waals surface area (Å²) in [6.07, 6.45) is 1.02. The van der Waals surface area contributed by atoms with Gasteiger partial charge in [0.15, 0.2) is 0 Å². The first-order chi connectivity index (χ1) is 8.63. The maximum absolute atomic E-state index is 5.87. The Morgan fingerprint density at radius 3 is 2.56 bits per heavy atom. The van der Waals surface area contributed by atoms with Crippen LogP contribution in [0.4, 0.5) is 0 Å². The van der Waals surface area contributed by atoms with Crippen molar-refractivity contribution in [2.45, 2.75) is 25.9 Å². The van der Waals surface area contributed by atoms with Gasteiger partial charge in [0.05, 0.1) is 3.79 Å². The van der Waals surface area contributed by atoms with Gasteiger partial charge in [-0.05, 0) is 59.1 Å². The Kier molecular flexibility index (Phi) is 5.25. The van der Waals surface area contributed by atoms with Crippen LogP contribution >= 0.6 is 38.9 Å². The van der Waals surface area contributed by atoms with E-state index in [1.54, 1.807) is 11.3 Å². The summed E-state index contributed by atoms with van der Waals surface area (Å²) in [5.74, 6) is 0. The Labute approximate surface area is 125 Å². The zero-order valence-corrected chi connectivity index (χ0v) is 13.3. The number of halogens is 2. The van der Waals surface area contributed by atoms with Gasteiger partial charge in [0.2, 0.25) is 0 Å². The first-order valence-electron chi connectivity index (χ1n) is 5.85. The minimum atomic E-state index is 0.451. The van der Waals surface area contributed by atoms with Crippen molar-refractivity contribution in [2.24, 2.45) is 0 Å². The monoisotopic (exact) mass is 343 g/mol. The summed E-state index contributed by atoms with van der Waals surface area (Å²) in [6, 6.07) is 12.7.